The Balaban J connectivity index is 1.96. The molecular weight excluding hydrogens is 342 g/mol. The molecule has 0 spiro atoms. The number of hydrogen-bond acceptors (Lipinski definition) is 3. The summed E-state index contributed by atoms with van der Waals surface area (Å²) >= 11 is 0. The number of halogens is 2. The van der Waals surface area contributed by atoms with Gasteiger partial charge < -0.3 is 15.4 Å². The topological polar surface area (TPSA) is 67.4 Å². The quantitative estimate of drug-likeness (QED) is 0.741. The van der Waals surface area contributed by atoms with Gasteiger partial charge in [-0.15, -0.1) is 0 Å². The van der Waals surface area contributed by atoms with Crippen LogP contribution in [0.5, 0.6) is 0 Å². The van der Waals surface area contributed by atoms with Crippen molar-refractivity contribution in [1.29, 1.82) is 0 Å². The highest BCUT2D eigenvalue weighted by atomic mass is 19.1. The van der Waals surface area contributed by atoms with E-state index in [1.165, 1.54) is 0 Å². The van der Waals surface area contributed by atoms with Gasteiger partial charge in [0.15, 0.2) is 0 Å². The Kier molecular flexibility index (Phi) is 7.08. The zero-order valence-electron chi connectivity index (χ0n) is 14.3. The van der Waals surface area contributed by atoms with Crippen molar-refractivity contribution in [1.82, 2.24) is 5.32 Å². The summed E-state index contributed by atoms with van der Waals surface area (Å²) in [6.07, 6.45) is 0.394. The fourth-order valence-electron chi connectivity index (χ4n) is 2.37. The third-order valence-corrected chi connectivity index (χ3v) is 3.63. The molecule has 0 aromatic heterocycles. The molecule has 26 heavy (non-hydrogen) atoms. The van der Waals surface area contributed by atoms with Crippen molar-refractivity contribution < 1.29 is 23.1 Å². The van der Waals surface area contributed by atoms with Gasteiger partial charge in [0, 0.05) is 12.6 Å². The van der Waals surface area contributed by atoms with Gasteiger partial charge in [0.25, 0.3) is 0 Å². The molecule has 0 heterocycles. The summed E-state index contributed by atoms with van der Waals surface area (Å²) in [6.45, 7) is 1.95. The summed E-state index contributed by atoms with van der Waals surface area (Å²) in [5.41, 5.74) is 0.775. The fraction of sp³-hybridized carbons (Fsp3) is 0.263. The van der Waals surface area contributed by atoms with Gasteiger partial charge in [-0.2, -0.15) is 0 Å². The standard InChI is InChI=1S/C19H20F2N2O3/c1-2-26-18(24)14(10-13-6-4-3-5-7-13)12-22-19(25)23-17-9-8-15(20)11-16(17)21/h3-9,11,14H,2,10,12H2,1H3,(H2,22,23,25). The largest absolute Gasteiger partial charge is 0.466 e. The van der Waals surface area contributed by atoms with Crippen molar-refractivity contribution in [3.63, 3.8) is 0 Å². The summed E-state index contributed by atoms with van der Waals surface area (Å²) in [4.78, 5) is 24.1. The third kappa shape index (κ3) is 5.84. The molecule has 0 bridgehead atoms. The van der Waals surface area contributed by atoms with Gasteiger partial charge in [-0.05, 0) is 31.0 Å². The maximum atomic E-state index is 13.6. The summed E-state index contributed by atoms with van der Waals surface area (Å²) in [5.74, 6) is -2.63. The van der Waals surface area contributed by atoms with Gasteiger partial charge in [0.1, 0.15) is 11.6 Å². The molecule has 0 fully saturated rings. The van der Waals surface area contributed by atoms with Crippen molar-refractivity contribution in [3.05, 3.63) is 65.7 Å². The van der Waals surface area contributed by atoms with E-state index >= 15 is 0 Å². The summed E-state index contributed by atoms with van der Waals surface area (Å²) in [5, 5.41) is 4.81. The molecule has 2 aromatic carbocycles. The van der Waals surface area contributed by atoms with E-state index in [4.69, 9.17) is 4.74 Å². The Morgan fingerprint density at radius 2 is 1.85 bits per heavy atom. The van der Waals surface area contributed by atoms with Gasteiger partial charge >= 0.3 is 12.0 Å². The van der Waals surface area contributed by atoms with Crippen LogP contribution in [0.2, 0.25) is 0 Å². The first-order valence-corrected chi connectivity index (χ1v) is 8.20. The molecule has 2 rings (SSSR count). The number of anilines is 1. The fourth-order valence-corrected chi connectivity index (χ4v) is 2.37. The van der Waals surface area contributed by atoms with Crippen molar-refractivity contribution in [3.8, 4) is 0 Å². The molecule has 2 amide bonds. The lowest BCUT2D eigenvalue weighted by molar-refractivity contribution is -0.147. The number of carbonyl (C=O) groups is 2. The van der Waals surface area contributed by atoms with Crippen LogP contribution in [0.1, 0.15) is 12.5 Å². The Hall–Kier alpha value is -2.96. The number of benzene rings is 2. The Morgan fingerprint density at radius 3 is 2.50 bits per heavy atom. The van der Waals surface area contributed by atoms with Crippen LogP contribution >= 0.6 is 0 Å². The zero-order valence-corrected chi connectivity index (χ0v) is 14.3. The average Bonchev–Trinajstić information content (AvgIpc) is 2.62. The molecule has 0 saturated carbocycles. The Morgan fingerprint density at radius 1 is 1.12 bits per heavy atom. The molecular formula is C19H20F2N2O3. The number of carbonyl (C=O) groups excluding carboxylic acids is 2. The van der Waals surface area contributed by atoms with Gasteiger partial charge in [-0.1, -0.05) is 30.3 Å². The van der Waals surface area contributed by atoms with E-state index in [-0.39, 0.29) is 18.8 Å². The maximum absolute atomic E-state index is 13.6. The van der Waals surface area contributed by atoms with E-state index < -0.39 is 29.6 Å². The minimum absolute atomic E-state index is 0.0162. The second-order valence-corrected chi connectivity index (χ2v) is 5.60. The minimum Gasteiger partial charge on any atom is -0.466 e. The minimum atomic E-state index is -0.883. The Labute approximate surface area is 150 Å². The predicted molar refractivity (Wildman–Crippen MR) is 93.6 cm³/mol. The number of nitrogens with one attached hydrogen (secondary N) is 2. The van der Waals surface area contributed by atoms with Gasteiger partial charge in [-0.3, -0.25) is 4.79 Å². The predicted octanol–water partition coefficient (Wildman–Crippen LogP) is 3.51. The van der Waals surface area contributed by atoms with Crippen LogP contribution in [-0.2, 0) is 16.0 Å². The molecule has 0 radical (unpaired) electrons. The first-order chi connectivity index (χ1) is 12.5. The van der Waals surface area contributed by atoms with E-state index in [2.05, 4.69) is 10.6 Å². The number of esters is 1. The molecule has 1 unspecified atom stereocenters. The molecule has 5 nitrogen and oxygen atoms in total. The molecule has 0 aliphatic heterocycles. The van der Waals surface area contributed by atoms with Crippen LogP contribution in [0, 0.1) is 17.6 Å². The molecule has 0 aliphatic rings. The normalized spacial score (nSPS) is 11.5. The first-order valence-electron chi connectivity index (χ1n) is 8.20. The number of amides is 2. The third-order valence-electron chi connectivity index (χ3n) is 3.63. The molecule has 1 atom stereocenters. The Bertz CT molecular complexity index is 754. The number of hydrogen-bond donors (Lipinski definition) is 2. The van der Waals surface area contributed by atoms with Crippen LogP contribution in [0.4, 0.5) is 19.3 Å². The molecule has 2 N–H and O–H groups in total. The van der Waals surface area contributed by atoms with Crippen molar-refractivity contribution in [2.75, 3.05) is 18.5 Å². The first kappa shape index (κ1) is 19.4. The van der Waals surface area contributed by atoms with E-state index in [1.54, 1.807) is 6.92 Å². The van der Waals surface area contributed by atoms with Gasteiger partial charge in [0.05, 0.1) is 18.2 Å². The maximum Gasteiger partial charge on any atom is 0.319 e. The SMILES string of the molecule is CCOC(=O)C(CNC(=O)Nc1ccc(F)cc1F)Cc1ccccc1. The highest BCUT2D eigenvalue weighted by Crippen LogP contribution is 2.15. The number of ether oxygens (including phenoxy) is 1. The summed E-state index contributed by atoms with van der Waals surface area (Å²) in [7, 11) is 0. The van der Waals surface area contributed by atoms with Gasteiger partial charge in [-0.25, -0.2) is 13.6 Å². The lowest BCUT2D eigenvalue weighted by Gasteiger charge is -2.17. The van der Waals surface area contributed by atoms with Crippen LogP contribution in [0.25, 0.3) is 0 Å². The van der Waals surface area contributed by atoms with Crippen molar-refractivity contribution >= 4 is 17.7 Å². The summed E-state index contributed by atoms with van der Waals surface area (Å²) in [6, 6.07) is 11.5. The summed E-state index contributed by atoms with van der Waals surface area (Å²) < 4.78 is 31.5. The van der Waals surface area contributed by atoms with E-state index in [1.807, 2.05) is 30.3 Å². The van der Waals surface area contributed by atoms with E-state index in [9.17, 15) is 18.4 Å². The molecule has 7 heteroatoms. The van der Waals surface area contributed by atoms with Crippen LogP contribution < -0.4 is 10.6 Å². The lowest BCUT2D eigenvalue weighted by Crippen LogP contribution is -2.37. The highest BCUT2D eigenvalue weighted by molar-refractivity contribution is 5.89. The smallest absolute Gasteiger partial charge is 0.319 e. The number of rotatable bonds is 7. The van der Waals surface area contributed by atoms with Crippen LogP contribution in [0.15, 0.2) is 48.5 Å². The zero-order chi connectivity index (χ0) is 18.9. The van der Waals surface area contributed by atoms with E-state index in [0.29, 0.717) is 12.5 Å². The monoisotopic (exact) mass is 362 g/mol. The second kappa shape index (κ2) is 9.50. The molecule has 138 valence electrons. The average molecular weight is 362 g/mol. The molecule has 2 aromatic rings. The van der Waals surface area contributed by atoms with Gasteiger partial charge in [0.2, 0.25) is 0 Å². The van der Waals surface area contributed by atoms with Crippen molar-refractivity contribution in [2.24, 2.45) is 5.92 Å². The van der Waals surface area contributed by atoms with Crippen molar-refractivity contribution in [2.45, 2.75) is 13.3 Å². The van der Waals surface area contributed by atoms with Crippen LogP contribution in [0.3, 0.4) is 0 Å². The van der Waals surface area contributed by atoms with E-state index in [0.717, 1.165) is 17.7 Å². The van der Waals surface area contributed by atoms with Crippen LogP contribution in [-0.4, -0.2) is 25.2 Å². The molecule has 0 saturated heterocycles. The number of urea groups is 1. The molecule has 0 aliphatic carbocycles. The second-order valence-electron chi connectivity index (χ2n) is 5.60. The lowest BCUT2D eigenvalue weighted by atomic mass is 9.99. The highest BCUT2D eigenvalue weighted by Gasteiger charge is 2.21.